The van der Waals surface area contributed by atoms with Crippen molar-refractivity contribution >= 4 is 11.9 Å². The molecule has 0 aromatic heterocycles. The minimum Gasteiger partial charge on any atom is -0.497 e. The number of methoxy groups -OCH3 is 4. The van der Waals surface area contributed by atoms with Crippen molar-refractivity contribution in [2.24, 2.45) is 34.5 Å². The Balaban J connectivity index is 1.47. The largest absolute Gasteiger partial charge is 0.497 e. The molecule has 6 fully saturated rings. The molecule has 46 heavy (non-hydrogen) atoms. The topological polar surface area (TPSA) is 153 Å². The lowest BCUT2D eigenvalue weighted by molar-refractivity contribution is -0.300. The average molecular weight is 646 g/mol. The Morgan fingerprint density at radius 2 is 1.70 bits per heavy atom. The van der Waals surface area contributed by atoms with Crippen molar-refractivity contribution in [1.29, 1.82) is 0 Å². The van der Waals surface area contributed by atoms with Gasteiger partial charge in [0.15, 0.2) is 0 Å². The third-order valence-electron chi connectivity index (χ3n) is 13.2. The molecule has 14 atom stereocenters. The first-order chi connectivity index (χ1) is 22.0. The van der Waals surface area contributed by atoms with Crippen LogP contribution in [0.25, 0.3) is 0 Å². The van der Waals surface area contributed by atoms with Crippen LogP contribution in [0.2, 0.25) is 0 Å². The Kier molecular flexibility index (Phi) is 7.60. The Bertz CT molecular complexity index is 1380. The molecule has 7 bridgehead atoms. The zero-order valence-electron chi connectivity index (χ0n) is 27.4. The number of benzene rings is 1. The number of carbonyl (C=O) groups excluding carboxylic acids is 2. The average Bonchev–Trinajstić information content (AvgIpc) is 3.41. The van der Waals surface area contributed by atoms with Gasteiger partial charge in [-0.3, -0.25) is 9.69 Å². The zero-order valence-corrected chi connectivity index (χ0v) is 27.4. The maximum Gasteiger partial charge on any atom is 0.338 e. The van der Waals surface area contributed by atoms with Gasteiger partial charge in [0.2, 0.25) is 0 Å². The number of fused-ring (bicyclic) bond motifs is 2. The summed E-state index contributed by atoms with van der Waals surface area (Å²) in [5, 5.41) is 35.8. The van der Waals surface area contributed by atoms with E-state index in [1.165, 1.54) is 21.1 Å². The first kappa shape index (κ1) is 32.2. The van der Waals surface area contributed by atoms with Crippen molar-refractivity contribution in [2.75, 3.05) is 48.1 Å². The van der Waals surface area contributed by atoms with Gasteiger partial charge in [0.25, 0.3) is 0 Å². The Morgan fingerprint density at radius 3 is 2.26 bits per heavy atom. The second-order valence-electron chi connectivity index (χ2n) is 14.5. The summed E-state index contributed by atoms with van der Waals surface area (Å²) in [4.78, 5) is 29.4. The normalized spacial score (nSPS) is 48.2. The molecule has 254 valence electrons. The fourth-order valence-corrected chi connectivity index (χ4v) is 12.3. The maximum absolute atomic E-state index is 13.8. The molecule has 1 heterocycles. The molecular weight excluding hydrogens is 598 g/mol. The fraction of sp³-hybridized carbons (Fsp3) is 0.765. The minimum absolute atomic E-state index is 0.154. The molecule has 0 unspecified atom stereocenters. The minimum atomic E-state index is -1.63. The van der Waals surface area contributed by atoms with E-state index >= 15 is 0 Å². The van der Waals surface area contributed by atoms with Gasteiger partial charge in [-0.1, -0.05) is 6.92 Å². The van der Waals surface area contributed by atoms with Crippen LogP contribution < -0.4 is 4.74 Å². The smallest absolute Gasteiger partial charge is 0.338 e. The molecule has 1 aliphatic heterocycles. The Labute approximate surface area is 269 Å². The Morgan fingerprint density at radius 1 is 0.978 bits per heavy atom. The first-order valence-electron chi connectivity index (χ1n) is 16.4. The van der Waals surface area contributed by atoms with Crippen molar-refractivity contribution in [2.45, 2.75) is 80.9 Å². The van der Waals surface area contributed by atoms with Crippen molar-refractivity contribution in [3.8, 4) is 5.75 Å². The number of esters is 2. The van der Waals surface area contributed by atoms with E-state index in [4.69, 9.17) is 28.4 Å². The highest BCUT2D eigenvalue weighted by Crippen LogP contribution is 2.80. The van der Waals surface area contributed by atoms with E-state index in [0.29, 0.717) is 25.3 Å². The molecular formula is C34H47NO11. The first-order valence-corrected chi connectivity index (χ1v) is 16.4. The van der Waals surface area contributed by atoms with Gasteiger partial charge < -0.3 is 43.7 Å². The monoisotopic (exact) mass is 645 g/mol. The summed E-state index contributed by atoms with van der Waals surface area (Å²) in [5.74, 6) is -2.45. The van der Waals surface area contributed by atoms with Crippen LogP contribution in [0.1, 0.15) is 43.5 Å². The van der Waals surface area contributed by atoms with Crippen molar-refractivity contribution < 1.29 is 53.3 Å². The summed E-state index contributed by atoms with van der Waals surface area (Å²) in [6.45, 7) is 4.43. The molecule has 0 amide bonds. The fourth-order valence-electron chi connectivity index (χ4n) is 12.3. The summed E-state index contributed by atoms with van der Waals surface area (Å²) < 4.78 is 36.9. The molecule has 1 saturated heterocycles. The second kappa shape index (κ2) is 10.8. The lowest BCUT2D eigenvalue weighted by Gasteiger charge is -2.69. The number of rotatable bonds is 9. The van der Waals surface area contributed by atoms with Crippen LogP contribution in [0.15, 0.2) is 24.3 Å². The van der Waals surface area contributed by atoms with Crippen molar-refractivity contribution in [3.05, 3.63) is 29.8 Å². The number of piperidine rings is 1. The van der Waals surface area contributed by atoms with Crippen molar-refractivity contribution in [3.63, 3.8) is 0 Å². The number of likely N-dealkylation sites (tertiary alicyclic amines) is 1. The number of nitrogens with zero attached hydrogens (tertiary/aromatic N) is 1. The maximum atomic E-state index is 13.8. The molecule has 1 aromatic carbocycles. The standard InChI is InChI=1S/C34H47NO11/c1-7-35-15-31(16-36)13-21(38)28(44-6)34-20-12-32(40)22(42-4)14-33(46-17(2)37,24(27(34)35)25(43-5)26(31)34)23(20)29(32)45-30(39)18-8-10-19(41-3)11-9-18/h8-11,20-29,36,38,40H,7,12-16H2,1-6H3/t20-,21+,22+,23-,24+,25+,26-,27+,28+,29-,31+,32+,33-,34+/m1/s1. The predicted octanol–water partition coefficient (Wildman–Crippen LogP) is 1.03. The lowest BCUT2D eigenvalue weighted by Crippen LogP contribution is -2.79. The van der Waals surface area contributed by atoms with E-state index in [9.17, 15) is 24.9 Å². The van der Waals surface area contributed by atoms with Gasteiger partial charge in [-0.05, 0) is 49.6 Å². The number of hydrogen-bond donors (Lipinski definition) is 3. The van der Waals surface area contributed by atoms with Gasteiger partial charge in [0.05, 0.1) is 43.7 Å². The summed E-state index contributed by atoms with van der Waals surface area (Å²) in [6, 6.07) is 6.25. The van der Waals surface area contributed by atoms with Crippen LogP contribution in [-0.2, 0) is 28.5 Å². The highest BCUT2D eigenvalue weighted by Gasteiger charge is 2.90. The quantitative estimate of drug-likeness (QED) is 0.329. The van der Waals surface area contributed by atoms with E-state index in [0.717, 1.165) is 0 Å². The van der Waals surface area contributed by atoms with Crippen molar-refractivity contribution in [1.82, 2.24) is 4.90 Å². The van der Waals surface area contributed by atoms with E-state index in [2.05, 4.69) is 11.8 Å². The third-order valence-corrected chi connectivity index (χ3v) is 13.2. The number of aliphatic hydroxyl groups is 3. The zero-order chi connectivity index (χ0) is 33.0. The lowest BCUT2D eigenvalue weighted by atomic mass is 9.42. The summed E-state index contributed by atoms with van der Waals surface area (Å²) in [5.41, 5.74) is -4.21. The molecule has 0 radical (unpaired) electrons. The van der Waals surface area contributed by atoms with E-state index < -0.39 is 82.2 Å². The molecule has 6 aliphatic rings. The molecule has 1 spiro atoms. The van der Waals surface area contributed by atoms with Crippen LogP contribution in [0.3, 0.4) is 0 Å². The van der Waals surface area contributed by atoms with Gasteiger partial charge in [-0.2, -0.15) is 0 Å². The third kappa shape index (κ3) is 3.75. The summed E-state index contributed by atoms with van der Waals surface area (Å²) in [6.07, 6.45) is -3.40. The van der Waals surface area contributed by atoms with Gasteiger partial charge in [0, 0.05) is 75.8 Å². The number of carbonyl (C=O) groups is 2. The number of ether oxygens (including phenoxy) is 6. The van der Waals surface area contributed by atoms with E-state index in [1.807, 2.05) is 0 Å². The summed E-state index contributed by atoms with van der Waals surface area (Å²) >= 11 is 0. The van der Waals surface area contributed by atoms with Crippen LogP contribution in [-0.4, -0.2) is 128 Å². The highest BCUT2D eigenvalue weighted by molar-refractivity contribution is 5.89. The van der Waals surface area contributed by atoms with Gasteiger partial charge in [0.1, 0.15) is 23.1 Å². The van der Waals surface area contributed by atoms with Gasteiger partial charge in [-0.15, -0.1) is 0 Å². The van der Waals surface area contributed by atoms with Gasteiger partial charge >= 0.3 is 11.9 Å². The van der Waals surface area contributed by atoms with E-state index in [1.54, 1.807) is 38.5 Å². The molecule has 12 nitrogen and oxygen atoms in total. The molecule has 1 aromatic rings. The molecule has 5 aliphatic carbocycles. The number of hydrogen-bond acceptors (Lipinski definition) is 12. The SMILES string of the molecule is CCN1C[C@]2(CO)C[C@H](O)[C@H](OC)[C@@]34[C@@H]5C[C@]6(O)[C@@H](OC)C[C@@](OC(C)=O)([C@H]5[C@H]6OC(=O)c5ccc(OC)cc5)[C@@H]([C@H](OC)[C@H]23)[C@H]14. The summed E-state index contributed by atoms with van der Waals surface area (Å²) in [7, 11) is 6.30. The van der Waals surface area contributed by atoms with Crippen LogP contribution in [0.4, 0.5) is 0 Å². The van der Waals surface area contributed by atoms with Crippen LogP contribution in [0.5, 0.6) is 5.75 Å². The second-order valence-corrected chi connectivity index (χ2v) is 14.5. The number of aliphatic hydroxyl groups excluding tert-OH is 2. The van der Waals surface area contributed by atoms with E-state index in [-0.39, 0.29) is 37.0 Å². The van der Waals surface area contributed by atoms with Crippen LogP contribution in [0, 0.1) is 34.5 Å². The predicted molar refractivity (Wildman–Crippen MR) is 161 cm³/mol. The molecule has 12 heteroatoms. The highest BCUT2D eigenvalue weighted by atomic mass is 16.6. The molecule has 7 rings (SSSR count). The molecule has 5 saturated carbocycles. The van der Waals surface area contributed by atoms with Crippen LogP contribution >= 0.6 is 0 Å². The Hall–Kier alpha value is -2.32. The van der Waals surface area contributed by atoms with Gasteiger partial charge in [-0.25, -0.2) is 4.79 Å². The molecule has 3 N–H and O–H groups in total.